The molecule has 1 aliphatic heterocycles. The van der Waals surface area contributed by atoms with Gasteiger partial charge in [0.05, 0.1) is 18.7 Å². The summed E-state index contributed by atoms with van der Waals surface area (Å²) in [5.41, 5.74) is -1.27. The van der Waals surface area contributed by atoms with Crippen LogP contribution in [0.1, 0.15) is 22.8 Å². The van der Waals surface area contributed by atoms with Crippen molar-refractivity contribution in [3.63, 3.8) is 0 Å². The van der Waals surface area contributed by atoms with Crippen molar-refractivity contribution in [3.8, 4) is 0 Å². The molecule has 0 spiro atoms. The largest absolute Gasteiger partial charge is 0.386 e. The normalized spacial score (nSPS) is 17.8. The van der Waals surface area contributed by atoms with E-state index < -0.39 is 28.7 Å². The van der Waals surface area contributed by atoms with E-state index in [-0.39, 0.29) is 18.7 Å². The predicted molar refractivity (Wildman–Crippen MR) is 57.6 cm³/mol. The van der Waals surface area contributed by atoms with Crippen LogP contribution in [0.15, 0.2) is 12.1 Å². The molecule has 0 unspecified atom stereocenters. The maximum atomic E-state index is 13.7. The predicted octanol–water partition coefficient (Wildman–Crippen LogP) is 1.48. The van der Waals surface area contributed by atoms with Gasteiger partial charge in [-0.05, 0) is 25.5 Å². The molecule has 1 saturated heterocycles. The molecular formula is C12H13F2NO2. The molecule has 1 amide bonds. The Balaban J connectivity index is 2.29. The van der Waals surface area contributed by atoms with E-state index in [9.17, 15) is 18.7 Å². The number of β-amino-alcohol motifs (C(OH)–C–C–N with tert-alkyl or cyclic N) is 1. The summed E-state index contributed by atoms with van der Waals surface area (Å²) in [6.07, 6.45) is 0. The number of aliphatic hydroxyl groups is 1. The SMILES string of the molecule is Cc1ccc(F)c(C(=O)N2CC(C)(O)C2)c1F. The maximum absolute atomic E-state index is 13.7. The van der Waals surface area contributed by atoms with Crippen molar-refractivity contribution in [1.29, 1.82) is 0 Å². The first kappa shape index (κ1) is 12.0. The molecule has 1 aliphatic rings. The average molecular weight is 241 g/mol. The average Bonchev–Trinajstić information content (AvgIpc) is 2.20. The van der Waals surface area contributed by atoms with E-state index in [1.807, 2.05) is 0 Å². The first-order valence-corrected chi connectivity index (χ1v) is 5.28. The molecule has 0 aromatic heterocycles. The quantitative estimate of drug-likeness (QED) is 0.809. The van der Waals surface area contributed by atoms with E-state index in [1.54, 1.807) is 6.92 Å². The molecule has 0 aliphatic carbocycles. The molecule has 1 fully saturated rings. The monoisotopic (exact) mass is 241 g/mol. The molecular weight excluding hydrogens is 228 g/mol. The molecule has 1 aromatic rings. The molecule has 0 saturated carbocycles. The molecule has 0 radical (unpaired) electrons. The molecule has 2 rings (SSSR count). The second-order valence-corrected chi connectivity index (χ2v) is 4.71. The van der Waals surface area contributed by atoms with E-state index in [0.29, 0.717) is 0 Å². The van der Waals surface area contributed by atoms with Crippen LogP contribution in [0.3, 0.4) is 0 Å². The lowest BCUT2D eigenvalue weighted by atomic mass is 9.95. The van der Waals surface area contributed by atoms with Gasteiger partial charge in [-0.1, -0.05) is 6.07 Å². The molecule has 1 aromatic carbocycles. The van der Waals surface area contributed by atoms with Crippen molar-refractivity contribution < 1.29 is 18.7 Å². The summed E-state index contributed by atoms with van der Waals surface area (Å²) in [5, 5.41) is 9.49. The Kier molecular flexibility index (Phi) is 2.66. The molecule has 92 valence electrons. The summed E-state index contributed by atoms with van der Waals surface area (Å²) >= 11 is 0. The molecule has 1 heterocycles. The number of aryl methyl sites for hydroxylation is 1. The molecule has 1 N–H and O–H groups in total. The number of hydrogen-bond donors (Lipinski definition) is 1. The lowest BCUT2D eigenvalue weighted by Crippen LogP contribution is -2.61. The Morgan fingerprint density at radius 2 is 2.00 bits per heavy atom. The van der Waals surface area contributed by atoms with Gasteiger partial charge in [-0.2, -0.15) is 0 Å². The van der Waals surface area contributed by atoms with Crippen molar-refractivity contribution in [2.45, 2.75) is 19.4 Å². The Morgan fingerprint density at radius 3 is 2.53 bits per heavy atom. The highest BCUT2D eigenvalue weighted by molar-refractivity contribution is 5.95. The summed E-state index contributed by atoms with van der Waals surface area (Å²) < 4.78 is 27.1. The lowest BCUT2D eigenvalue weighted by molar-refractivity contribution is -0.0671. The minimum atomic E-state index is -0.952. The van der Waals surface area contributed by atoms with Gasteiger partial charge in [0.1, 0.15) is 17.2 Å². The second-order valence-electron chi connectivity index (χ2n) is 4.71. The van der Waals surface area contributed by atoms with Crippen LogP contribution in [0.5, 0.6) is 0 Å². The maximum Gasteiger partial charge on any atom is 0.260 e. The molecule has 0 bridgehead atoms. The summed E-state index contributed by atoms with van der Waals surface area (Å²) in [6.45, 7) is 3.23. The number of carbonyl (C=O) groups excluding carboxylic acids is 1. The smallest absolute Gasteiger partial charge is 0.260 e. The molecule has 17 heavy (non-hydrogen) atoms. The second kappa shape index (κ2) is 3.77. The fraction of sp³-hybridized carbons (Fsp3) is 0.417. The number of rotatable bonds is 1. The lowest BCUT2D eigenvalue weighted by Gasteiger charge is -2.44. The Hall–Kier alpha value is -1.49. The Labute approximate surface area is 97.7 Å². The number of hydrogen-bond acceptors (Lipinski definition) is 2. The van der Waals surface area contributed by atoms with Crippen LogP contribution in [0.25, 0.3) is 0 Å². The van der Waals surface area contributed by atoms with Crippen molar-refractivity contribution in [1.82, 2.24) is 4.90 Å². The van der Waals surface area contributed by atoms with Crippen LogP contribution >= 0.6 is 0 Å². The van der Waals surface area contributed by atoms with Crippen LogP contribution in [0, 0.1) is 18.6 Å². The van der Waals surface area contributed by atoms with Crippen molar-refractivity contribution in [2.24, 2.45) is 0 Å². The van der Waals surface area contributed by atoms with E-state index >= 15 is 0 Å². The van der Waals surface area contributed by atoms with Crippen molar-refractivity contribution in [3.05, 3.63) is 34.9 Å². The van der Waals surface area contributed by atoms with Gasteiger partial charge >= 0.3 is 0 Å². The van der Waals surface area contributed by atoms with Gasteiger partial charge in [0.25, 0.3) is 5.91 Å². The minimum Gasteiger partial charge on any atom is -0.386 e. The van der Waals surface area contributed by atoms with Crippen LogP contribution < -0.4 is 0 Å². The fourth-order valence-electron chi connectivity index (χ4n) is 1.93. The van der Waals surface area contributed by atoms with Crippen molar-refractivity contribution >= 4 is 5.91 Å². The summed E-state index contributed by atoms with van der Waals surface area (Å²) in [4.78, 5) is 13.1. The van der Waals surface area contributed by atoms with Crippen molar-refractivity contribution in [2.75, 3.05) is 13.1 Å². The zero-order valence-corrected chi connectivity index (χ0v) is 9.63. The van der Waals surface area contributed by atoms with E-state index in [4.69, 9.17) is 0 Å². The van der Waals surface area contributed by atoms with E-state index in [2.05, 4.69) is 0 Å². The summed E-state index contributed by atoms with van der Waals surface area (Å²) in [7, 11) is 0. The van der Waals surface area contributed by atoms with Gasteiger partial charge in [0.2, 0.25) is 0 Å². The third kappa shape index (κ3) is 2.02. The van der Waals surface area contributed by atoms with Gasteiger partial charge < -0.3 is 10.0 Å². The highest BCUT2D eigenvalue weighted by Gasteiger charge is 2.41. The van der Waals surface area contributed by atoms with Gasteiger partial charge in [-0.3, -0.25) is 4.79 Å². The Bertz CT molecular complexity index is 478. The van der Waals surface area contributed by atoms with Crippen LogP contribution in [-0.4, -0.2) is 34.6 Å². The number of carbonyl (C=O) groups is 1. The number of likely N-dealkylation sites (tertiary alicyclic amines) is 1. The van der Waals surface area contributed by atoms with Gasteiger partial charge in [-0.25, -0.2) is 8.78 Å². The molecule has 5 heteroatoms. The van der Waals surface area contributed by atoms with Crippen LogP contribution in [-0.2, 0) is 0 Å². The highest BCUT2D eigenvalue weighted by Crippen LogP contribution is 2.25. The zero-order chi connectivity index (χ0) is 12.8. The number of benzene rings is 1. The fourth-order valence-corrected chi connectivity index (χ4v) is 1.93. The zero-order valence-electron chi connectivity index (χ0n) is 9.63. The first-order valence-electron chi connectivity index (χ1n) is 5.28. The van der Waals surface area contributed by atoms with Gasteiger partial charge in [0.15, 0.2) is 0 Å². The molecule has 3 nitrogen and oxygen atoms in total. The van der Waals surface area contributed by atoms with Crippen LogP contribution in [0.4, 0.5) is 8.78 Å². The van der Waals surface area contributed by atoms with Crippen LogP contribution in [0.2, 0.25) is 0 Å². The number of halogens is 2. The Morgan fingerprint density at radius 1 is 1.41 bits per heavy atom. The summed E-state index contributed by atoms with van der Waals surface area (Å²) in [5.74, 6) is -2.42. The van der Waals surface area contributed by atoms with Gasteiger partial charge in [0, 0.05) is 0 Å². The topological polar surface area (TPSA) is 40.5 Å². The first-order chi connectivity index (χ1) is 7.82. The molecule has 0 atom stereocenters. The van der Waals surface area contributed by atoms with E-state index in [0.717, 1.165) is 6.07 Å². The third-order valence-electron chi connectivity index (χ3n) is 2.85. The third-order valence-corrected chi connectivity index (χ3v) is 2.85. The summed E-state index contributed by atoms with van der Waals surface area (Å²) in [6, 6.07) is 2.36. The standard InChI is InChI=1S/C12H13F2NO2/c1-7-3-4-8(13)9(10(7)14)11(16)15-5-12(2,17)6-15/h3-4,17H,5-6H2,1-2H3. The minimum absolute atomic E-state index is 0.0959. The number of nitrogens with zero attached hydrogens (tertiary/aromatic N) is 1. The number of amides is 1. The van der Waals surface area contributed by atoms with E-state index in [1.165, 1.54) is 17.9 Å². The highest BCUT2D eigenvalue weighted by atomic mass is 19.1. The van der Waals surface area contributed by atoms with Gasteiger partial charge in [-0.15, -0.1) is 0 Å².